The van der Waals surface area contributed by atoms with Crippen LogP contribution in [0.3, 0.4) is 0 Å². The van der Waals surface area contributed by atoms with Crippen LogP contribution in [0.4, 0.5) is 0 Å². The van der Waals surface area contributed by atoms with Crippen molar-refractivity contribution in [1.82, 2.24) is 10.2 Å². The molecule has 2 aliphatic carbocycles. The van der Waals surface area contributed by atoms with Gasteiger partial charge in [-0.05, 0) is 69.4 Å². The van der Waals surface area contributed by atoms with Crippen LogP contribution in [-0.4, -0.2) is 36.1 Å². The molecule has 0 radical (unpaired) electrons. The number of nitrogens with zero attached hydrogens (tertiary/aromatic N) is 1. The predicted molar refractivity (Wildman–Crippen MR) is 90.5 cm³/mol. The molecular formula is C19H36N2. The van der Waals surface area contributed by atoms with Crippen LogP contribution in [0, 0.1) is 17.8 Å². The second kappa shape index (κ2) is 7.00. The summed E-state index contributed by atoms with van der Waals surface area (Å²) in [6, 6.07) is 2.44. The zero-order valence-corrected chi connectivity index (χ0v) is 14.5. The summed E-state index contributed by atoms with van der Waals surface area (Å²) in [6.45, 7) is 9.75. The van der Waals surface area contributed by atoms with Gasteiger partial charge in [0, 0.05) is 18.1 Å². The number of likely N-dealkylation sites (tertiary alicyclic amines) is 1. The van der Waals surface area contributed by atoms with Crippen LogP contribution >= 0.6 is 0 Å². The van der Waals surface area contributed by atoms with Crippen LogP contribution in [-0.2, 0) is 0 Å². The summed E-state index contributed by atoms with van der Waals surface area (Å²) in [4.78, 5) is 2.98. The van der Waals surface area contributed by atoms with Crippen molar-refractivity contribution in [3.05, 3.63) is 0 Å². The summed E-state index contributed by atoms with van der Waals surface area (Å²) >= 11 is 0. The summed E-state index contributed by atoms with van der Waals surface area (Å²) < 4.78 is 0. The Morgan fingerprint density at radius 2 is 1.76 bits per heavy atom. The maximum absolute atomic E-state index is 3.85. The lowest BCUT2D eigenvalue weighted by Crippen LogP contribution is -2.62. The summed E-state index contributed by atoms with van der Waals surface area (Å²) in [5, 5.41) is 3.85. The van der Waals surface area contributed by atoms with E-state index in [0.29, 0.717) is 0 Å². The number of fused-ring (bicyclic) bond motifs is 1. The van der Waals surface area contributed by atoms with Gasteiger partial charge in [-0.15, -0.1) is 0 Å². The van der Waals surface area contributed by atoms with E-state index in [2.05, 4.69) is 31.0 Å². The zero-order chi connectivity index (χ0) is 14.8. The molecule has 2 saturated carbocycles. The number of piperidine rings is 1. The van der Waals surface area contributed by atoms with E-state index >= 15 is 0 Å². The van der Waals surface area contributed by atoms with Crippen molar-refractivity contribution in [2.24, 2.45) is 17.8 Å². The Morgan fingerprint density at radius 3 is 2.57 bits per heavy atom. The molecule has 2 heteroatoms. The fourth-order valence-corrected chi connectivity index (χ4v) is 5.90. The highest BCUT2D eigenvalue weighted by atomic mass is 15.2. The van der Waals surface area contributed by atoms with E-state index < -0.39 is 0 Å². The fraction of sp³-hybridized carbons (Fsp3) is 1.00. The van der Waals surface area contributed by atoms with Gasteiger partial charge in [0.05, 0.1) is 0 Å². The molecule has 122 valence electrons. The van der Waals surface area contributed by atoms with Gasteiger partial charge in [0.1, 0.15) is 0 Å². The third-order valence-electron chi connectivity index (χ3n) is 6.56. The molecule has 3 aliphatic rings. The fourth-order valence-electron chi connectivity index (χ4n) is 5.90. The van der Waals surface area contributed by atoms with Gasteiger partial charge in [-0.2, -0.15) is 0 Å². The molecule has 0 spiro atoms. The Bertz CT molecular complexity index is 328. The maximum Gasteiger partial charge on any atom is 0.0278 e. The lowest BCUT2D eigenvalue weighted by molar-refractivity contribution is -0.0267. The van der Waals surface area contributed by atoms with Crippen molar-refractivity contribution < 1.29 is 0 Å². The van der Waals surface area contributed by atoms with Gasteiger partial charge in [-0.25, -0.2) is 0 Å². The quantitative estimate of drug-likeness (QED) is 0.844. The standard InChI is InChI=1S/C19H36N2/c1-4-20-17-13-14(2)12-15(3)19(17)21-11-7-9-16-8-5-6-10-18(16)21/h14-20H,4-13H2,1-3H3. The molecule has 1 saturated heterocycles. The molecule has 0 aromatic heterocycles. The molecule has 6 atom stereocenters. The SMILES string of the molecule is CCNC1CC(C)CC(C)C1N1CCCC2CCCCC21. The summed E-state index contributed by atoms with van der Waals surface area (Å²) in [7, 11) is 0. The highest BCUT2D eigenvalue weighted by Gasteiger charge is 2.43. The largest absolute Gasteiger partial charge is 0.313 e. The number of hydrogen-bond donors (Lipinski definition) is 1. The van der Waals surface area contributed by atoms with Gasteiger partial charge >= 0.3 is 0 Å². The van der Waals surface area contributed by atoms with Crippen molar-refractivity contribution >= 4 is 0 Å². The van der Waals surface area contributed by atoms with Gasteiger partial charge < -0.3 is 5.32 Å². The minimum absolute atomic E-state index is 0.731. The van der Waals surface area contributed by atoms with Gasteiger partial charge in [0.15, 0.2) is 0 Å². The Labute approximate surface area is 132 Å². The van der Waals surface area contributed by atoms with E-state index in [4.69, 9.17) is 0 Å². The molecule has 6 unspecified atom stereocenters. The minimum Gasteiger partial charge on any atom is -0.313 e. The number of likely N-dealkylation sites (N-methyl/N-ethyl adjacent to an activating group) is 1. The van der Waals surface area contributed by atoms with E-state index in [9.17, 15) is 0 Å². The normalized spacial score (nSPS) is 45.3. The molecule has 0 aromatic carbocycles. The monoisotopic (exact) mass is 292 g/mol. The molecule has 0 amide bonds. The number of nitrogens with one attached hydrogen (secondary N) is 1. The molecule has 2 nitrogen and oxygen atoms in total. The molecule has 1 aliphatic heterocycles. The van der Waals surface area contributed by atoms with Crippen LogP contribution in [0.1, 0.15) is 72.1 Å². The van der Waals surface area contributed by atoms with E-state index in [1.807, 2.05) is 0 Å². The van der Waals surface area contributed by atoms with Crippen molar-refractivity contribution in [2.75, 3.05) is 13.1 Å². The smallest absolute Gasteiger partial charge is 0.0278 e. The molecular weight excluding hydrogens is 256 g/mol. The van der Waals surface area contributed by atoms with Gasteiger partial charge in [0.2, 0.25) is 0 Å². The Kier molecular flexibility index (Phi) is 5.27. The molecule has 3 rings (SSSR count). The van der Waals surface area contributed by atoms with Crippen LogP contribution in [0.5, 0.6) is 0 Å². The Balaban J connectivity index is 1.77. The average molecular weight is 293 g/mol. The van der Waals surface area contributed by atoms with Crippen LogP contribution in [0.2, 0.25) is 0 Å². The third kappa shape index (κ3) is 3.32. The second-order valence-electron chi connectivity index (χ2n) is 8.20. The van der Waals surface area contributed by atoms with Gasteiger partial charge in [-0.1, -0.05) is 33.6 Å². The lowest BCUT2D eigenvalue weighted by atomic mass is 9.72. The summed E-state index contributed by atoms with van der Waals surface area (Å²) in [6.07, 6.45) is 11.7. The topological polar surface area (TPSA) is 15.3 Å². The first-order chi connectivity index (χ1) is 10.2. The predicted octanol–water partition coefficient (Wildman–Crippen LogP) is 4.05. The molecule has 1 N–H and O–H groups in total. The van der Waals surface area contributed by atoms with E-state index in [0.717, 1.165) is 42.4 Å². The molecule has 3 fully saturated rings. The molecule has 1 heterocycles. The molecule has 0 bridgehead atoms. The third-order valence-corrected chi connectivity index (χ3v) is 6.56. The van der Waals surface area contributed by atoms with E-state index in [1.165, 1.54) is 57.9 Å². The van der Waals surface area contributed by atoms with Crippen molar-refractivity contribution in [1.29, 1.82) is 0 Å². The highest BCUT2D eigenvalue weighted by molar-refractivity contribution is 4.99. The second-order valence-corrected chi connectivity index (χ2v) is 8.20. The number of hydrogen-bond acceptors (Lipinski definition) is 2. The minimum atomic E-state index is 0.731. The van der Waals surface area contributed by atoms with E-state index in [1.54, 1.807) is 0 Å². The Morgan fingerprint density at radius 1 is 1.00 bits per heavy atom. The first-order valence-corrected chi connectivity index (χ1v) is 9.69. The van der Waals surface area contributed by atoms with Gasteiger partial charge in [-0.3, -0.25) is 4.90 Å². The maximum atomic E-state index is 3.85. The first-order valence-electron chi connectivity index (χ1n) is 9.69. The first kappa shape index (κ1) is 15.8. The van der Waals surface area contributed by atoms with Crippen molar-refractivity contribution in [3.63, 3.8) is 0 Å². The van der Waals surface area contributed by atoms with E-state index in [-0.39, 0.29) is 0 Å². The van der Waals surface area contributed by atoms with Crippen LogP contribution < -0.4 is 5.32 Å². The summed E-state index contributed by atoms with van der Waals surface area (Å²) in [5.41, 5.74) is 0. The van der Waals surface area contributed by atoms with Crippen LogP contribution in [0.25, 0.3) is 0 Å². The van der Waals surface area contributed by atoms with Crippen LogP contribution in [0.15, 0.2) is 0 Å². The average Bonchev–Trinajstić information content (AvgIpc) is 2.47. The molecule has 21 heavy (non-hydrogen) atoms. The van der Waals surface area contributed by atoms with Crippen molar-refractivity contribution in [3.8, 4) is 0 Å². The van der Waals surface area contributed by atoms with Gasteiger partial charge in [0.25, 0.3) is 0 Å². The summed E-state index contributed by atoms with van der Waals surface area (Å²) in [5.74, 6) is 2.77. The highest BCUT2D eigenvalue weighted by Crippen LogP contribution is 2.41. The van der Waals surface area contributed by atoms with Crippen molar-refractivity contribution in [2.45, 2.75) is 90.3 Å². The number of rotatable bonds is 3. The molecule has 0 aromatic rings. The zero-order valence-electron chi connectivity index (χ0n) is 14.5. The lowest BCUT2D eigenvalue weighted by Gasteiger charge is -2.53. The Hall–Kier alpha value is -0.0800.